The van der Waals surface area contributed by atoms with Gasteiger partial charge in [-0.3, -0.25) is 4.79 Å². The van der Waals surface area contributed by atoms with Crippen LogP contribution in [0.4, 0.5) is 4.39 Å². The number of fused-ring (bicyclic) bond motifs is 1. The van der Waals surface area contributed by atoms with Crippen LogP contribution in [0.5, 0.6) is 0 Å². The Hall–Kier alpha value is -2.21. The van der Waals surface area contributed by atoms with E-state index in [2.05, 4.69) is 5.16 Å². The molecule has 6 heteroatoms. The van der Waals surface area contributed by atoms with Gasteiger partial charge < -0.3 is 9.74 Å². The van der Waals surface area contributed by atoms with Gasteiger partial charge in [-0.2, -0.15) is 0 Å². The van der Waals surface area contributed by atoms with Gasteiger partial charge >= 0.3 is 0 Å². The Labute approximate surface area is 130 Å². The summed E-state index contributed by atoms with van der Waals surface area (Å²) in [5, 5.41) is 6.03. The van der Waals surface area contributed by atoms with E-state index in [0.717, 1.165) is 16.2 Å². The van der Waals surface area contributed by atoms with Crippen LogP contribution in [0.3, 0.4) is 0 Å². The molecule has 2 aromatic rings. The van der Waals surface area contributed by atoms with Gasteiger partial charge in [0.05, 0.1) is 23.1 Å². The van der Waals surface area contributed by atoms with Gasteiger partial charge in [-0.1, -0.05) is 23.4 Å². The summed E-state index contributed by atoms with van der Waals surface area (Å²) in [5.41, 5.74) is 1.64. The van der Waals surface area contributed by atoms with Crippen molar-refractivity contribution in [3.63, 3.8) is 0 Å². The van der Waals surface area contributed by atoms with Crippen LogP contribution in [0.2, 0.25) is 0 Å². The first kappa shape index (κ1) is 13.5. The molecule has 2 aliphatic heterocycles. The van der Waals surface area contributed by atoms with Crippen molar-refractivity contribution < 1.29 is 14.0 Å². The second-order valence-electron chi connectivity index (χ2n) is 5.42. The van der Waals surface area contributed by atoms with Crippen molar-refractivity contribution in [3.8, 4) is 0 Å². The fraction of sp³-hybridized carbons (Fsp3) is 0.250. The third-order valence-electron chi connectivity index (χ3n) is 4.06. The quantitative estimate of drug-likeness (QED) is 0.855. The van der Waals surface area contributed by atoms with E-state index in [9.17, 15) is 9.18 Å². The molecule has 0 N–H and O–H groups in total. The van der Waals surface area contributed by atoms with Crippen LogP contribution in [0.1, 0.15) is 15.2 Å². The molecule has 0 radical (unpaired) electrons. The first-order chi connectivity index (χ1) is 10.7. The van der Waals surface area contributed by atoms with Gasteiger partial charge in [0.2, 0.25) is 0 Å². The number of benzene rings is 1. The van der Waals surface area contributed by atoms with Crippen molar-refractivity contribution in [1.82, 2.24) is 4.90 Å². The topological polar surface area (TPSA) is 41.9 Å². The van der Waals surface area contributed by atoms with E-state index in [4.69, 9.17) is 4.84 Å². The number of halogens is 1. The highest BCUT2D eigenvalue weighted by Crippen LogP contribution is 2.31. The van der Waals surface area contributed by atoms with Crippen molar-refractivity contribution in [1.29, 1.82) is 0 Å². The normalized spacial score (nSPS) is 23.1. The third-order valence-corrected chi connectivity index (χ3v) is 4.92. The predicted octanol–water partition coefficient (Wildman–Crippen LogP) is 2.76. The van der Waals surface area contributed by atoms with E-state index in [1.54, 1.807) is 17.0 Å². The first-order valence-corrected chi connectivity index (χ1v) is 7.93. The lowest BCUT2D eigenvalue weighted by Crippen LogP contribution is -2.30. The summed E-state index contributed by atoms with van der Waals surface area (Å²) in [5.74, 6) is -0.193. The van der Waals surface area contributed by atoms with Crippen molar-refractivity contribution >= 4 is 23.0 Å². The zero-order valence-electron chi connectivity index (χ0n) is 11.6. The molecule has 2 aliphatic rings. The summed E-state index contributed by atoms with van der Waals surface area (Å²) in [7, 11) is 0. The lowest BCUT2D eigenvalue weighted by atomic mass is 9.95. The van der Waals surface area contributed by atoms with Gasteiger partial charge in [0.25, 0.3) is 5.91 Å². The average molecular weight is 316 g/mol. The molecule has 4 rings (SSSR count). The third kappa shape index (κ3) is 2.20. The van der Waals surface area contributed by atoms with E-state index >= 15 is 0 Å². The van der Waals surface area contributed by atoms with Gasteiger partial charge in [-0.05, 0) is 23.6 Å². The summed E-state index contributed by atoms with van der Waals surface area (Å²) in [6.07, 6.45) is -0.107. The van der Waals surface area contributed by atoms with Crippen LogP contribution in [0, 0.1) is 11.7 Å². The second-order valence-corrected chi connectivity index (χ2v) is 6.37. The van der Waals surface area contributed by atoms with Gasteiger partial charge in [0.1, 0.15) is 5.82 Å². The summed E-state index contributed by atoms with van der Waals surface area (Å²) in [4.78, 5) is 20.4. The number of rotatable bonds is 2. The molecule has 1 aromatic carbocycles. The number of oxime groups is 1. The molecule has 0 saturated carbocycles. The van der Waals surface area contributed by atoms with E-state index in [1.165, 1.54) is 23.5 Å². The number of thiophene rings is 1. The molecular formula is C16H13FN2O2S. The monoisotopic (exact) mass is 316 g/mol. The molecule has 2 unspecified atom stereocenters. The lowest BCUT2D eigenvalue weighted by Gasteiger charge is -2.15. The Kier molecular flexibility index (Phi) is 3.18. The fourth-order valence-electron chi connectivity index (χ4n) is 2.94. The maximum atomic E-state index is 13.0. The highest BCUT2D eigenvalue weighted by Gasteiger charge is 2.44. The molecule has 0 bridgehead atoms. The van der Waals surface area contributed by atoms with E-state index < -0.39 is 0 Å². The van der Waals surface area contributed by atoms with E-state index in [0.29, 0.717) is 13.1 Å². The zero-order valence-corrected chi connectivity index (χ0v) is 12.4. The van der Waals surface area contributed by atoms with E-state index in [1.807, 2.05) is 17.5 Å². The number of amides is 1. The van der Waals surface area contributed by atoms with Crippen LogP contribution < -0.4 is 0 Å². The smallest absolute Gasteiger partial charge is 0.264 e. The summed E-state index contributed by atoms with van der Waals surface area (Å²) in [6, 6.07) is 9.92. The van der Waals surface area contributed by atoms with Gasteiger partial charge in [0.15, 0.2) is 6.10 Å². The minimum atomic E-state index is -0.277. The van der Waals surface area contributed by atoms with Gasteiger partial charge in [-0.15, -0.1) is 11.3 Å². The molecule has 1 aromatic heterocycles. The number of carbonyl (C=O) groups excluding carboxylic acids is 1. The highest BCUT2D eigenvalue weighted by molar-refractivity contribution is 7.12. The number of nitrogens with zero attached hydrogens (tertiary/aromatic N) is 2. The van der Waals surface area contributed by atoms with Crippen LogP contribution >= 0.6 is 11.3 Å². The maximum Gasteiger partial charge on any atom is 0.264 e. The summed E-state index contributed by atoms with van der Waals surface area (Å²) in [6.45, 7) is 1.12. The minimum Gasteiger partial charge on any atom is -0.390 e. The van der Waals surface area contributed by atoms with Crippen molar-refractivity contribution in [3.05, 3.63) is 58.0 Å². The zero-order chi connectivity index (χ0) is 15.1. The Bertz CT molecular complexity index is 727. The van der Waals surface area contributed by atoms with Crippen molar-refractivity contribution in [2.24, 2.45) is 11.1 Å². The molecule has 1 saturated heterocycles. The molecule has 22 heavy (non-hydrogen) atoms. The Morgan fingerprint density at radius 3 is 2.82 bits per heavy atom. The lowest BCUT2D eigenvalue weighted by molar-refractivity contribution is 0.0634. The molecule has 4 nitrogen and oxygen atoms in total. The van der Waals surface area contributed by atoms with Gasteiger partial charge in [0, 0.05) is 12.1 Å². The molecule has 0 spiro atoms. The summed E-state index contributed by atoms with van der Waals surface area (Å²) >= 11 is 1.44. The predicted molar refractivity (Wildman–Crippen MR) is 81.5 cm³/mol. The molecule has 1 fully saturated rings. The van der Waals surface area contributed by atoms with Gasteiger partial charge in [-0.25, -0.2) is 4.39 Å². The Balaban J connectivity index is 1.54. The first-order valence-electron chi connectivity index (χ1n) is 7.05. The highest BCUT2D eigenvalue weighted by atomic mass is 32.1. The van der Waals surface area contributed by atoms with E-state index in [-0.39, 0.29) is 23.7 Å². The average Bonchev–Trinajstić information content (AvgIpc) is 3.24. The number of hydrogen-bond donors (Lipinski definition) is 0. The number of carbonyl (C=O) groups is 1. The SMILES string of the molecule is O=C(c1cccs1)N1CC2ON=C(c3ccc(F)cc3)C2C1. The van der Waals surface area contributed by atoms with Crippen LogP contribution in [0.15, 0.2) is 46.9 Å². The molecule has 3 heterocycles. The minimum absolute atomic E-state index is 0.0338. The summed E-state index contributed by atoms with van der Waals surface area (Å²) < 4.78 is 13.0. The molecular weight excluding hydrogens is 303 g/mol. The Morgan fingerprint density at radius 1 is 1.27 bits per heavy atom. The molecule has 1 amide bonds. The fourth-order valence-corrected chi connectivity index (χ4v) is 3.64. The number of hydrogen-bond acceptors (Lipinski definition) is 4. The standard InChI is InChI=1S/C16H13FN2O2S/c17-11-5-3-10(4-6-11)15-12-8-19(9-13(12)21-18-15)16(20)14-2-1-7-22-14/h1-7,12-13H,8-9H2. The Morgan fingerprint density at radius 2 is 2.09 bits per heavy atom. The van der Waals surface area contributed by atoms with Crippen LogP contribution in [-0.4, -0.2) is 35.7 Å². The molecule has 112 valence electrons. The second kappa shape index (κ2) is 5.21. The number of likely N-dealkylation sites (tertiary alicyclic amines) is 1. The molecule has 2 atom stereocenters. The molecule has 0 aliphatic carbocycles. The van der Waals surface area contributed by atoms with Crippen molar-refractivity contribution in [2.75, 3.05) is 13.1 Å². The van der Waals surface area contributed by atoms with Crippen molar-refractivity contribution in [2.45, 2.75) is 6.10 Å². The maximum absolute atomic E-state index is 13.0. The largest absolute Gasteiger partial charge is 0.390 e. The van der Waals surface area contributed by atoms with Crippen LogP contribution in [-0.2, 0) is 4.84 Å². The van der Waals surface area contributed by atoms with Crippen LogP contribution in [0.25, 0.3) is 0 Å².